The fourth-order valence-electron chi connectivity index (χ4n) is 4.00. The summed E-state index contributed by atoms with van der Waals surface area (Å²) < 4.78 is 13.2. The van der Waals surface area contributed by atoms with Crippen LogP contribution >= 0.6 is 0 Å². The fourth-order valence-corrected chi connectivity index (χ4v) is 4.00. The Morgan fingerprint density at radius 3 is 2.62 bits per heavy atom. The van der Waals surface area contributed by atoms with E-state index in [2.05, 4.69) is 17.1 Å². The third kappa shape index (κ3) is 4.67. The molecule has 29 heavy (non-hydrogen) atoms. The minimum atomic E-state index is -0.221. The highest BCUT2D eigenvalue weighted by Gasteiger charge is 2.26. The van der Waals surface area contributed by atoms with Crippen molar-refractivity contribution in [1.82, 2.24) is 14.9 Å². The summed E-state index contributed by atoms with van der Waals surface area (Å²) in [7, 11) is 0. The molecule has 0 radical (unpaired) electrons. The number of halogens is 1. The van der Waals surface area contributed by atoms with Crippen molar-refractivity contribution in [3.63, 3.8) is 0 Å². The highest BCUT2D eigenvalue weighted by Crippen LogP contribution is 2.28. The number of hydrogen-bond donors (Lipinski definition) is 0. The Bertz CT molecular complexity index is 989. The summed E-state index contributed by atoms with van der Waals surface area (Å²) in [5.74, 6) is 0.0548. The number of nitrogens with zero attached hydrogens (tertiary/aromatic N) is 3. The van der Waals surface area contributed by atoms with Crippen LogP contribution in [0.3, 0.4) is 0 Å². The first-order valence-corrected chi connectivity index (χ1v) is 10.00. The molecule has 3 heterocycles. The van der Waals surface area contributed by atoms with Gasteiger partial charge in [-0.3, -0.25) is 14.8 Å². The molecule has 5 heteroatoms. The van der Waals surface area contributed by atoms with Crippen LogP contribution in [0.1, 0.15) is 51.6 Å². The number of aromatic nitrogens is 2. The first-order chi connectivity index (χ1) is 14.1. The molecule has 1 aliphatic rings. The third-order valence-corrected chi connectivity index (χ3v) is 5.41. The number of benzene rings is 1. The fraction of sp³-hybridized carbons (Fsp3) is 0.292. The van der Waals surface area contributed by atoms with Gasteiger partial charge in [-0.25, -0.2) is 4.39 Å². The maximum atomic E-state index is 13.2. The van der Waals surface area contributed by atoms with Crippen LogP contribution in [0.15, 0.2) is 60.9 Å². The van der Waals surface area contributed by atoms with Crippen LogP contribution in [-0.2, 0) is 6.42 Å². The first kappa shape index (κ1) is 19.2. The Kier molecular flexibility index (Phi) is 5.65. The lowest BCUT2D eigenvalue weighted by atomic mass is 9.92. The maximum Gasteiger partial charge on any atom is 0.253 e. The second-order valence-corrected chi connectivity index (χ2v) is 7.67. The van der Waals surface area contributed by atoms with E-state index in [0.717, 1.165) is 48.3 Å². The molecule has 0 unspecified atom stereocenters. The predicted octanol–water partition coefficient (Wildman–Crippen LogP) is 4.53. The second kappa shape index (κ2) is 8.52. The zero-order valence-corrected chi connectivity index (χ0v) is 16.5. The van der Waals surface area contributed by atoms with E-state index in [1.165, 1.54) is 12.1 Å². The second-order valence-electron chi connectivity index (χ2n) is 7.67. The van der Waals surface area contributed by atoms with E-state index < -0.39 is 0 Å². The number of carbonyl (C=O) groups is 1. The summed E-state index contributed by atoms with van der Waals surface area (Å²) in [5.41, 5.74) is 4.92. The normalized spacial score (nSPS) is 16.6. The Labute approximate surface area is 170 Å². The summed E-state index contributed by atoms with van der Waals surface area (Å²) in [6.45, 7) is 3.44. The molecule has 1 aliphatic heterocycles. The van der Waals surface area contributed by atoms with Crippen LogP contribution in [-0.4, -0.2) is 33.9 Å². The number of rotatable bonds is 4. The molecule has 0 bridgehead atoms. The van der Waals surface area contributed by atoms with Gasteiger partial charge in [0, 0.05) is 48.4 Å². The Morgan fingerprint density at radius 2 is 1.86 bits per heavy atom. The standard InChI is InChI=1S/C24H24FN3O/c1-17-13-19(14-18-4-6-22(25)7-5-18)15-23(27-17)21-3-2-12-28(16-21)24(29)20-8-10-26-11-9-20/h4-11,13,15,21H,2-3,12,14,16H2,1H3/t21-/m0/s1. The summed E-state index contributed by atoms with van der Waals surface area (Å²) in [6, 6.07) is 14.4. The minimum Gasteiger partial charge on any atom is -0.338 e. The molecule has 1 amide bonds. The van der Waals surface area contributed by atoms with Crippen LogP contribution in [0.2, 0.25) is 0 Å². The van der Waals surface area contributed by atoms with Crippen molar-refractivity contribution in [2.24, 2.45) is 0 Å². The largest absolute Gasteiger partial charge is 0.338 e. The number of aryl methyl sites for hydroxylation is 1. The van der Waals surface area contributed by atoms with Crippen molar-refractivity contribution in [3.05, 3.63) is 94.8 Å². The molecule has 3 aromatic rings. The predicted molar refractivity (Wildman–Crippen MR) is 110 cm³/mol. The van der Waals surface area contributed by atoms with Gasteiger partial charge >= 0.3 is 0 Å². The highest BCUT2D eigenvalue weighted by atomic mass is 19.1. The quantitative estimate of drug-likeness (QED) is 0.658. The van der Waals surface area contributed by atoms with Crippen LogP contribution in [0, 0.1) is 12.7 Å². The number of likely N-dealkylation sites (tertiary alicyclic amines) is 1. The summed E-state index contributed by atoms with van der Waals surface area (Å²) in [6.07, 6.45) is 6.02. The van der Waals surface area contributed by atoms with E-state index >= 15 is 0 Å². The lowest BCUT2D eigenvalue weighted by Crippen LogP contribution is -2.39. The maximum absolute atomic E-state index is 13.2. The van der Waals surface area contributed by atoms with E-state index in [-0.39, 0.29) is 17.6 Å². The van der Waals surface area contributed by atoms with Gasteiger partial charge in [0.25, 0.3) is 5.91 Å². The SMILES string of the molecule is Cc1cc(Cc2ccc(F)cc2)cc([C@H]2CCCN(C(=O)c3ccncc3)C2)n1. The molecule has 0 N–H and O–H groups in total. The molecule has 0 aliphatic carbocycles. The monoisotopic (exact) mass is 389 g/mol. The van der Waals surface area contributed by atoms with Gasteiger partial charge in [-0.1, -0.05) is 12.1 Å². The van der Waals surface area contributed by atoms with Crippen molar-refractivity contribution >= 4 is 5.91 Å². The highest BCUT2D eigenvalue weighted by molar-refractivity contribution is 5.94. The van der Waals surface area contributed by atoms with Crippen molar-refractivity contribution < 1.29 is 9.18 Å². The molecule has 4 nitrogen and oxygen atoms in total. The van der Waals surface area contributed by atoms with Gasteiger partial charge in [0.2, 0.25) is 0 Å². The third-order valence-electron chi connectivity index (χ3n) is 5.41. The van der Waals surface area contributed by atoms with E-state index in [0.29, 0.717) is 12.1 Å². The lowest BCUT2D eigenvalue weighted by Gasteiger charge is -2.33. The van der Waals surface area contributed by atoms with Gasteiger partial charge in [0.1, 0.15) is 5.82 Å². The number of carbonyl (C=O) groups excluding carboxylic acids is 1. The molecule has 0 spiro atoms. The van der Waals surface area contributed by atoms with Gasteiger partial charge in [0.05, 0.1) is 0 Å². The van der Waals surface area contributed by atoms with Crippen LogP contribution < -0.4 is 0 Å². The average Bonchev–Trinajstić information content (AvgIpc) is 2.75. The van der Waals surface area contributed by atoms with Crippen LogP contribution in [0.25, 0.3) is 0 Å². The molecule has 1 saturated heterocycles. The van der Waals surface area contributed by atoms with Crippen molar-refractivity contribution in [3.8, 4) is 0 Å². The number of piperidine rings is 1. The first-order valence-electron chi connectivity index (χ1n) is 10.00. The van der Waals surface area contributed by atoms with E-state index in [9.17, 15) is 9.18 Å². The van der Waals surface area contributed by atoms with Crippen molar-refractivity contribution in [2.75, 3.05) is 13.1 Å². The van der Waals surface area contributed by atoms with Gasteiger partial charge < -0.3 is 4.90 Å². The zero-order valence-electron chi connectivity index (χ0n) is 16.5. The minimum absolute atomic E-state index is 0.0521. The van der Waals surface area contributed by atoms with Gasteiger partial charge in [-0.15, -0.1) is 0 Å². The van der Waals surface area contributed by atoms with Crippen molar-refractivity contribution in [1.29, 1.82) is 0 Å². The van der Waals surface area contributed by atoms with Gasteiger partial charge in [-0.05, 0) is 73.7 Å². The molecular weight excluding hydrogens is 365 g/mol. The smallest absolute Gasteiger partial charge is 0.253 e. The van der Waals surface area contributed by atoms with Crippen LogP contribution in [0.5, 0.6) is 0 Å². The molecule has 1 atom stereocenters. The average molecular weight is 389 g/mol. The van der Waals surface area contributed by atoms with E-state index in [1.54, 1.807) is 24.5 Å². The molecule has 2 aromatic heterocycles. The zero-order chi connectivity index (χ0) is 20.2. The lowest BCUT2D eigenvalue weighted by molar-refractivity contribution is 0.0705. The van der Waals surface area contributed by atoms with Gasteiger partial charge in [-0.2, -0.15) is 0 Å². The van der Waals surface area contributed by atoms with Crippen LogP contribution in [0.4, 0.5) is 4.39 Å². The topological polar surface area (TPSA) is 46.1 Å². The number of pyridine rings is 2. The number of amides is 1. The summed E-state index contributed by atoms with van der Waals surface area (Å²) in [4.78, 5) is 23.5. The number of hydrogen-bond acceptors (Lipinski definition) is 3. The Hall–Kier alpha value is -3.08. The summed E-state index contributed by atoms with van der Waals surface area (Å²) in [5, 5.41) is 0. The molecule has 0 saturated carbocycles. The van der Waals surface area contributed by atoms with Gasteiger partial charge in [0.15, 0.2) is 0 Å². The van der Waals surface area contributed by atoms with E-state index in [4.69, 9.17) is 4.98 Å². The summed E-state index contributed by atoms with van der Waals surface area (Å²) >= 11 is 0. The molecule has 148 valence electrons. The Morgan fingerprint density at radius 1 is 1.10 bits per heavy atom. The Balaban J connectivity index is 1.52. The molecule has 1 aromatic carbocycles. The molecule has 4 rings (SSSR count). The van der Waals surface area contributed by atoms with Crippen molar-refractivity contribution in [2.45, 2.75) is 32.1 Å². The molecular formula is C24H24FN3O. The molecule has 1 fully saturated rings. The van der Waals surface area contributed by atoms with E-state index in [1.807, 2.05) is 24.0 Å².